The Morgan fingerprint density at radius 3 is 0.447 bits per heavy atom. The fraction of sp³-hybridized carbons (Fsp3) is 0.385. The number of para-hydroxylation sites is 4. The molecule has 8 rings (SSSR count). The third kappa shape index (κ3) is 59.5. The van der Waals surface area contributed by atoms with Crippen LogP contribution in [-0.2, 0) is 191 Å². The monoisotopic (exact) mass is 2150 g/mol. The minimum atomic E-state index is -0.187. The molecule has 0 spiro atoms. The first kappa shape index (κ1) is 149. The Labute approximate surface area is 844 Å². The standard InChI is InChI=1S/4C21H27NO.4C5H8O2.4Mo.8O/c4*1-20(2,3)16-12-15(14-22-17-10-8-7-9-11-17)19(23)18(13-16)21(4,5)6;4*1-4(6)3-5(2)7;;;;;;;;;;;;/h4*7-14,23H,1-6H3;4*3,6H,1-2H3;;;;;;;;;;;;/q;;;;;;;;;;;;8*-2/p-8/b;;;;4*4-3-;;;;;;;;;;;;. The third-order valence-electron chi connectivity index (χ3n) is 17.2. The molecule has 0 radical (unpaired) electrons. The molecule has 0 N–H and O–H groups in total. The Balaban J connectivity index is -0.000000129. The van der Waals surface area contributed by atoms with Crippen molar-refractivity contribution in [3.8, 4) is 23.0 Å². The summed E-state index contributed by atoms with van der Waals surface area (Å²) in [5.41, 5.74) is 13.3. The fourth-order valence-electron chi connectivity index (χ4n) is 10.7. The number of hydrogen-bond donors (Lipinski definition) is 0. The predicted molar refractivity (Wildman–Crippen MR) is 491 cm³/mol. The zero-order valence-electron chi connectivity index (χ0n) is 82.4. The number of hydrogen-bond acceptors (Lipinski definition) is 16. The van der Waals surface area contributed by atoms with E-state index in [1.54, 1.807) is 24.9 Å². The van der Waals surface area contributed by atoms with Gasteiger partial charge >= 0.3 is 0 Å². The van der Waals surface area contributed by atoms with Gasteiger partial charge in [-0.3, -0.25) is 39.1 Å². The first-order valence-electron chi connectivity index (χ1n) is 40.1. The summed E-state index contributed by atoms with van der Waals surface area (Å²) in [7, 11) is 0. The zero-order chi connectivity index (χ0) is 92.5. The molecular weight excluding hydrogens is 2010 g/mol. The minimum absolute atomic E-state index is 0. The van der Waals surface area contributed by atoms with Crippen molar-refractivity contribution >= 4 is 70.7 Å². The van der Waals surface area contributed by atoms with Gasteiger partial charge in [-0.15, -0.1) is 23.0 Å². The van der Waals surface area contributed by atoms with E-state index in [1.165, 1.54) is 55.4 Å². The molecular formula is C104H132Mo4N4O20-24. The average molecular weight is 2140 g/mol. The SMILES string of the molecule is CC(=O)/C=C(/C)[O-].CC(=O)/C=C(/C)[O-].CC(=O)/C=C(/C)[O-].CC(=O)/C=C(/C)[O-].CC(C)(C)c1cc(C=Nc2ccccc2)c([O-])c(C(C)(C)C)c1.CC(C)(C)c1cc(C=Nc2ccccc2)c([O-])c(C(C)(C)C)c1.CC(C)(C)c1cc(C=Nc2ccccc2)c([O-])c(C(C)(C)C)c1.CC(C)(C)c1cc(C=Nc2ccccc2)c([O-])c(C(C)(C)C)c1.[Mo].[Mo].[Mo].[Mo].[O-2].[O-2].[O-2].[O-2].[O-2].[O-2].[O-2].[O-2]. The van der Waals surface area contributed by atoms with Crippen molar-refractivity contribution in [3.05, 3.63) is 284 Å². The van der Waals surface area contributed by atoms with Gasteiger partial charge < -0.3 is 84.7 Å². The molecule has 0 amide bonds. The predicted octanol–water partition coefficient (Wildman–Crippen LogP) is 18.8. The van der Waals surface area contributed by atoms with E-state index in [-0.39, 0.29) is 241 Å². The number of benzene rings is 8. The van der Waals surface area contributed by atoms with E-state index in [1.807, 2.05) is 146 Å². The molecule has 0 aliphatic carbocycles. The number of carbonyl (C=O) groups excluding carboxylic acids is 4. The second kappa shape index (κ2) is 67.2. The molecule has 24 nitrogen and oxygen atoms in total. The Kier molecular flexibility index (Phi) is 75.6. The van der Waals surface area contributed by atoms with Gasteiger partial charge in [-0.25, -0.2) is 0 Å². The average Bonchev–Trinajstić information content (AvgIpc) is 0.803. The van der Waals surface area contributed by atoms with E-state index < -0.39 is 0 Å². The van der Waals surface area contributed by atoms with Crippen LogP contribution < -0.4 is 40.9 Å². The first-order chi connectivity index (χ1) is 54.9. The first-order valence-corrected chi connectivity index (χ1v) is 40.1. The van der Waals surface area contributed by atoms with Gasteiger partial charge in [0, 0.05) is 109 Å². The number of rotatable bonds is 12. The van der Waals surface area contributed by atoms with E-state index in [0.717, 1.165) is 91.6 Å². The number of carbonyl (C=O) groups is 4. The van der Waals surface area contributed by atoms with Gasteiger partial charge in [-0.05, 0) is 211 Å². The maximum atomic E-state index is 12.8. The summed E-state index contributed by atoms with van der Waals surface area (Å²) in [5, 5.41) is 91.2. The maximum Gasteiger partial charge on any atom is 0.151 e. The van der Waals surface area contributed by atoms with Crippen LogP contribution in [0.25, 0.3) is 0 Å². The molecule has 0 heterocycles. The summed E-state index contributed by atoms with van der Waals surface area (Å²) in [6, 6.07) is 54.9. The van der Waals surface area contributed by atoms with Crippen molar-refractivity contribution in [1.29, 1.82) is 0 Å². The fourth-order valence-corrected chi connectivity index (χ4v) is 10.7. The maximum absolute atomic E-state index is 12.8. The van der Waals surface area contributed by atoms with Crippen molar-refractivity contribution in [1.82, 2.24) is 0 Å². The molecule has 0 unspecified atom stereocenters. The van der Waals surface area contributed by atoms with Crippen LogP contribution >= 0.6 is 0 Å². The molecule has 28 heteroatoms. The normalized spacial score (nSPS) is 11.3. The third-order valence-corrected chi connectivity index (χ3v) is 17.2. The number of aliphatic imine (C=N–C) groups is 4. The molecule has 0 aromatic heterocycles. The number of nitrogens with zero attached hydrogens (tertiary/aromatic N) is 4. The summed E-state index contributed by atoms with van der Waals surface area (Å²) in [5.74, 6) is -1.20. The van der Waals surface area contributed by atoms with Crippen molar-refractivity contribution in [2.75, 3.05) is 0 Å². The second-order valence-corrected chi connectivity index (χ2v) is 37.6. The van der Waals surface area contributed by atoms with Gasteiger partial charge in [0.2, 0.25) is 0 Å². The Morgan fingerprint density at radius 2 is 0.356 bits per heavy atom. The largest absolute Gasteiger partial charge is 2.00 e. The molecule has 0 fully saturated rings. The molecule has 132 heavy (non-hydrogen) atoms. The molecule has 0 bridgehead atoms. The Morgan fingerprint density at radius 1 is 0.227 bits per heavy atom. The molecule has 0 aliphatic rings. The van der Waals surface area contributed by atoms with Gasteiger partial charge in [-0.2, -0.15) is 0 Å². The van der Waals surface area contributed by atoms with E-state index >= 15 is 0 Å². The van der Waals surface area contributed by atoms with Gasteiger partial charge in [0.25, 0.3) is 0 Å². The van der Waals surface area contributed by atoms with Gasteiger partial charge in [0.05, 0.1) is 22.7 Å². The molecule has 8 aromatic rings. The van der Waals surface area contributed by atoms with E-state index in [2.05, 4.69) is 210 Å². The van der Waals surface area contributed by atoms with Crippen LogP contribution in [0, 0.1) is 0 Å². The topological polar surface area (TPSA) is 530 Å². The second-order valence-electron chi connectivity index (χ2n) is 37.6. The van der Waals surface area contributed by atoms with Crippen molar-refractivity contribution in [3.63, 3.8) is 0 Å². The van der Waals surface area contributed by atoms with Crippen molar-refractivity contribution in [2.24, 2.45) is 20.0 Å². The molecule has 0 saturated heterocycles. The zero-order valence-corrected chi connectivity index (χ0v) is 90.4. The minimum Gasteiger partial charge on any atom is -2.00 e. The molecule has 8 aromatic carbocycles. The van der Waals surface area contributed by atoms with Crippen LogP contribution in [0.3, 0.4) is 0 Å². The van der Waals surface area contributed by atoms with E-state index in [9.17, 15) is 60.0 Å². The smallest absolute Gasteiger partial charge is 0.151 e. The van der Waals surface area contributed by atoms with E-state index in [4.69, 9.17) is 0 Å². The van der Waals surface area contributed by atoms with Crippen LogP contribution in [0.15, 0.2) is 237 Å². The van der Waals surface area contributed by atoms with Crippen LogP contribution in [0.1, 0.15) is 288 Å². The van der Waals surface area contributed by atoms with Gasteiger partial charge in [0.15, 0.2) is 23.1 Å². The van der Waals surface area contributed by atoms with Crippen LogP contribution in [-0.4, -0.2) is 48.0 Å². The van der Waals surface area contributed by atoms with Crippen LogP contribution in [0.2, 0.25) is 0 Å². The number of ketones is 4. The summed E-state index contributed by atoms with van der Waals surface area (Å²) in [4.78, 5) is 57.7. The summed E-state index contributed by atoms with van der Waals surface area (Å²) in [6.07, 6.45) is 11.0. The van der Waals surface area contributed by atoms with Gasteiger partial charge in [0.1, 0.15) is 0 Å². The summed E-state index contributed by atoms with van der Waals surface area (Å²) < 4.78 is 0. The quantitative estimate of drug-likeness (QED) is 0.0477. The van der Waals surface area contributed by atoms with Gasteiger partial charge in [-0.1, -0.05) is 338 Å². The van der Waals surface area contributed by atoms with Crippen molar-refractivity contribution < 1.29 is 188 Å². The van der Waals surface area contributed by atoms with Crippen molar-refractivity contribution in [2.45, 2.75) is 265 Å². The van der Waals surface area contributed by atoms with Crippen LogP contribution in [0.5, 0.6) is 23.0 Å². The molecule has 0 aliphatic heterocycles. The number of allylic oxidation sites excluding steroid dienone is 8. The Bertz CT molecular complexity index is 4300. The summed E-state index contributed by atoms with van der Waals surface area (Å²) >= 11 is 0. The van der Waals surface area contributed by atoms with E-state index in [0.29, 0.717) is 22.3 Å². The molecule has 736 valence electrons. The molecule has 0 atom stereocenters. The molecule has 0 saturated carbocycles. The summed E-state index contributed by atoms with van der Waals surface area (Å²) in [6.45, 7) is 61.7. The Hall–Kier alpha value is -9.09. The van der Waals surface area contributed by atoms with Crippen LogP contribution in [0.4, 0.5) is 22.7 Å².